The average Bonchev–Trinajstić information content (AvgIpc) is 2.92. The summed E-state index contributed by atoms with van der Waals surface area (Å²) in [5.41, 5.74) is 0.839. The molecule has 0 aromatic heterocycles. The molecule has 1 aliphatic heterocycles. The Kier molecular flexibility index (Phi) is 6.11. The van der Waals surface area contributed by atoms with Crippen LogP contribution in [0.2, 0.25) is 0 Å². The third-order valence-corrected chi connectivity index (χ3v) is 6.01. The first-order valence-electron chi connectivity index (χ1n) is 10.3. The number of hydrogen-bond acceptors (Lipinski definition) is 6. The maximum atomic E-state index is 12.7. The Morgan fingerprint density at radius 2 is 1.83 bits per heavy atom. The quantitative estimate of drug-likeness (QED) is 0.500. The lowest BCUT2D eigenvalue weighted by molar-refractivity contribution is -0.154. The van der Waals surface area contributed by atoms with Gasteiger partial charge in [-0.3, -0.25) is 9.59 Å². The smallest absolute Gasteiger partial charge is 0.344 e. The second-order valence-electron chi connectivity index (χ2n) is 9.61. The van der Waals surface area contributed by atoms with E-state index >= 15 is 0 Å². The minimum absolute atomic E-state index is 0.0959. The van der Waals surface area contributed by atoms with Crippen molar-refractivity contribution in [3.63, 3.8) is 0 Å². The van der Waals surface area contributed by atoms with Crippen LogP contribution in [0.1, 0.15) is 57.3 Å². The van der Waals surface area contributed by atoms with Gasteiger partial charge in [0.1, 0.15) is 0 Å². The normalized spacial score (nSPS) is 24.3. The predicted molar refractivity (Wildman–Crippen MR) is 111 cm³/mol. The summed E-state index contributed by atoms with van der Waals surface area (Å²) < 4.78 is 15.8. The average molecular weight is 418 g/mol. The number of carbonyl (C=O) groups excluding carboxylic acids is 3. The topological polar surface area (TPSA) is 82.1 Å². The number of likely N-dealkylation sites (tertiary alicyclic amines) is 1. The lowest BCUT2D eigenvalue weighted by atomic mass is 9.65. The number of ketones is 1. The lowest BCUT2D eigenvalue weighted by Crippen LogP contribution is -2.40. The van der Waals surface area contributed by atoms with Crippen LogP contribution in [0.3, 0.4) is 0 Å². The van der Waals surface area contributed by atoms with Crippen molar-refractivity contribution in [2.75, 3.05) is 26.9 Å². The van der Waals surface area contributed by atoms with E-state index in [1.165, 1.54) is 14.0 Å². The van der Waals surface area contributed by atoms with E-state index in [0.29, 0.717) is 23.6 Å². The highest BCUT2D eigenvalue weighted by molar-refractivity contribution is 5.94. The Hall–Kier alpha value is -2.57. The molecule has 0 spiro atoms. The zero-order valence-corrected chi connectivity index (χ0v) is 18.4. The summed E-state index contributed by atoms with van der Waals surface area (Å²) >= 11 is 0. The van der Waals surface area contributed by atoms with Gasteiger partial charge in [-0.05, 0) is 55.2 Å². The van der Waals surface area contributed by atoms with Crippen LogP contribution in [0.15, 0.2) is 18.2 Å². The number of rotatable bonds is 7. The number of carbonyl (C=O) groups is 3. The Bertz CT molecular complexity index is 848. The summed E-state index contributed by atoms with van der Waals surface area (Å²) in [5, 5.41) is 0. The molecule has 0 radical (unpaired) electrons. The van der Waals surface area contributed by atoms with E-state index < -0.39 is 5.97 Å². The Labute approximate surface area is 177 Å². The van der Waals surface area contributed by atoms with Gasteiger partial charge in [0.25, 0.3) is 5.91 Å². The fourth-order valence-electron chi connectivity index (χ4n) is 5.16. The predicted octanol–water partition coefficient (Wildman–Crippen LogP) is 3.25. The van der Waals surface area contributed by atoms with Crippen molar-refractivity contribution in [3.05, 3.63) is 23.8 Å². The number of Topliss-reactive ketones (excluding diaryl/α,β-unsaturated/α-hetero) is 1. The molecule has 1 saturated carbocycles. The van der Waals surface area contributed by atoms with Crippen LogP contribution in [0.5, 0.6) is 11.5 Å². The van der Waals surface area contributed by atoms with E-state index in [1.54, 1.807) is 18.2 Å². The first kappa shape index (κ1) is 22.1. The standard InChI is InChI=1S/C23H31NO6/c1-15(25)16-6-7-18(19(8-16)28-5)29-12-21(27)30-11-20(26)24-14-23(4)10-17(24)9-22(2,3)13-23/h6-8,17H,9-14H2,1-5H3/t17-,23-/m0/s1. The maximum absolute atomic E-state index is 12.7. The van der Waals surface area contributed by atoms with Crippen LogP contribution >= 0.6 is 0 Å². The van der Waals surface area contributed by atoms with E-state index in [4.69, 9.17) is 14.2 Å². The number of ether oxygens (including phenoxy) is 3. The Morgan fingerprint density at radius 1 is 1.10 bits per heavy atom. The van der Waals surface area contributed by atoms with Gasteiger partial charge in [-0.15, -0.1) is 0 Å². The van der Waals surface area contributed by atoms with Crippen LogP contribution in [-0.4, -0.2) is 55.5 Å². The van der Waals surface area contributed by atoms with Crippen LogP contribution in [0, 0.1) is 10.8 Å². The van der Waals surface area contributed by atoms with E-state index in [-0.39, 0.29) is 41.8 Å². The van der Waals surface area contributed by atoms with Crippen LogP contribution in [-0.2, 0) is 14.3 Å². The highest BCUT2D eigenvalue weighted by Gasteiger charge is 2.50. The molecule has 1 aromatic rings. The molecule has 30 heavy (non-hydrogen) atoms. The van der Waals surface area contributed by atoms with Gasteiger partial charge >= 0.3 is 5.97 Å². The Morgan fingerprint density at radius 3 is 2.50 bits per heavy atom. The molecular weight excluding hydrogens is 386 g/mol. The largest absolute Gasteiger partial charge is 0.493 e. The summed E-state index contributed by atoms with van der Waals surface area (Å²) in [6, 6.07) is 4.94. The first-order valence-corrected chi connectivity index (χ1v) is 10.3. The Balaban J connectivity index is 1.51. The molecular formula is C23H31NO6. The second-order valence-corrected chi connectivity index (χ2v) is 9.61. The van der Waals surface area contributed by atoms with Gasteiger partial charge in [0.2, 0.25) is 0 Å². The second kappa shape index (κ2) is 8.28. The highest BCUT2D eigenvalue weighted by atomic mass is 16.6. The van der Waals surface area contributed by atoms with Crippen molar-refractivity contribution >= 4 is 17.7 Å². The molecule has 1 aliphatic carbocycles. The fraction of sp³-hybridized carbons (Fsp3) is 0.609. The van der Waals surface area contributed by atoms with Gasteiger partial charge in [0, 0.05) is 18.2 Å². The molecule has 0 N–H and O–H groups in total. The number of benzene rings is 1. The van der Waals surface area contributed by atoms with Crippen molar-refractivity contribution in [1.82, 2.24) is 4.90 Å². The molecule has 7 heteroatoms. The number of nitrogens with zero attached hydrogens (tertiary/aromatic N) is 1. The summed E-state index contributed by atoms with van der Waals surface area (Å²) in [7, 11) is 1.46. The highest BCUT2D eigenvalue weighted by Crippen LogP contribution is 2.52. The zero-order valence-electron chi connectivity index (χ0n) is 18.4. The number of fused-ring (bicyclic) bond motifs is 2. The van der Waals surface area contributed by atoms with E-state index in [1.807, 2.05) is 4.90 Å². The molecule has 2 bridgehead atoms. The van der Waals surface area contributed by atoms with Crippen molar-refractivity contribution in [2.24, 2.45) is 10.8 Å². The molecule has 1 saturated heterocycles. The van der Waals surface area contributed by atoms with Crippen LogP contribution in [0.25, 0.3) is 0 Å². The zero-order chi connectivity index (χ0) is 22.1. The van der Waals surface area contributed by atoms with Crippen molar-refractivity contribution in [3.8, 4) is 11.5 Å². The monoisotopic (exact) mass is 417 g/mol. The number of methoxy groups -OCH3 is 1. The third-order valence-electron chi connectivity index (χ3n) is 6.01. The third kappa shape index (κ3) is 4.94. The van der Waals surface area contributed by atoms with E-state index in [2.05, 4.69) is 20.8 Å². The van der Waals surface area contributed by atoms with Gasteiger partial charge in [-0.25, -0.2) is 4.79 Å². The summed E-state index contributed by atoms with van der Waals surface area (Å²) in [4.78, 5) is 38.1. The van der Waals surface area contributed by atoms with E-state index in [9.17, 15) is 14.4 Å². The van der Waals surface area contributed by atoms with Crippen molar-refractivity contribution in [2.45, 2.75) is 53.0 Å². The minimum atomic E-state index is -0.630. The molecule has 1 aromatic carbocycles. The van der Waals surface area contributed by atoms with Crippen molar-refractivity contribution in [1.29, 1.82) is 0 Å². The van der Waals surface area contributed by atoms with E-state index in [0.717, 1.165) is 19.3 Å². The van der Waals surface area contributed by atoms with Gasteiger partial charge < -0.3 is 19.1 Å². The molecule has 7 nitrogen and oxygen atoms in total. The van der Waals surface area contributed by atoms with Gasteiger partial charge in [0.05, 0.1) is 7.11 Å². The minimum Gasteiger partial charge on any atom is -0.493 e. The molecule has 1 heterocycles. The molecule has 2 aliphatic rings. The number of hydrogen-bond donors (Lipinski definition) is 0. The van der Waals surface area contributed by atoms with Gasteiger partial charge in [-0.2, -0.15) is 0 Å². The number of esters is 1. The van der Waals surface area contributed by atoms with Crippen molar-refractivity contribution < 1.29 is 28.6 Å². The molecule has 0 unspecified atom stereocenters. The summed E-state index contributed by atoms with van der Waals surface area (Å²) in [6.45, 7) is 8.28. The molecule has 1 amide bonds. The maximum Gasteiger partial charge on any atom is 0.344 e. The lowest BCUT2D eigenvalue weighted by Gasteiger charge is -2.39. The fourth-order valence-corrected chi connectivity index (χ4v) is 5.16. The number of amides is 1. The summed E-state index contributed by atoms with van der Waals surface area (Å²) in [5.74, 6) is -0.199. The van der Waals surface area contributed by atoms with Gasteiger partial charge in [0.15, 0.2) is 30.5 Å². The molecule has 2 fully saturated rings. The summed E-state index contributed by atoms with van der Waals surface area (Å²) in [6.07, 6.45) is 3.08. The van der Waals surface area contributed by atoms with Gasteiger partial charge in [-0.1, -0.05) is 20.8 Å². The SMILES string of the molecule is COc1cc(C(C)=O)ccc1OCC(=O)OCC(=O)N1C[C@@]2(C)C[C@@H]1CC(C)(C)C2. The first-order chi connectivity index (χ1) is 14.0. The van der Waals surface area contributed by atoms with Crippen LogP contribution in [0.4, 0.5) is 0 Å². The van der Waals surface area contributed by atoms with Crippen LogP contribution < -0.4 is 9.47 Å². The molecule has 164 valence electrons. The molecule has 2 atom stereocenters. The molecule has 3 rings (SSSR count).